The second kappa shape index (κ2) is 2.22. The predicted octanol–water partition coefficient (Wildman–Crippen LogP) is 1.70. The third kappa shape index (κ3) is 1.04. The minimum absolute atomic E-state index is 0.0160. The van der Waals surface area contributed by atoms with Crippen molar-refractivity contribution in [2.24, 2.45) is 11.3 Å². The van der Waals surface area contributed by atoms with Crippen LogP contribution in [0.25, 0.3) is 4.85 Å². The summed E-state index contributed by atoms with van der Waals surface area (Å²) >= 11 is 0. The van der Waals surface area contributed by atoms with Crippen LogP contribution in [0.5, 0.6) is 0 Å². The van der Waals surface area contributed by atoms with Gasteiger partial charge < -0.3 is 9.95 Å². The molecule has 1 N–H and O–H groups in total. The van der Waals surface area contributed by atoms with Crippen molar-refractivity contribution >= 4 is 0 Å². The highest BCUT2D eigenvalue weighted by molar-refractivity contribution is 5.23. The fraction of sp³-hybridized carbons (Fsp3) is 0.889. The molecule has 2 heteroatoms. The number of hydrogen-bond donors (Lipinski definition) is 1. The first-order chi connectivity index (χ1) is 4.98. The Balaban J connectivity index is 2.77. The molecule has 0 spiro atoms. The summed E-state index contributed by atoms with van der Waals surface area (Å²) < 4.78 is 0. The third-order valence-electron chi connectivity index (χ3n) is 2.79. The van der Waals surface area contributed by atoms with Gasteiger partial charge >= 0.3 is 0 Å². The monoisotopic (exact) mass is 153 g/mol. The van der Waals surface area contributed by atoms with Crippen LogP contribution in [0.3, 0.4) is 0 Å². The third-order valence-corrected chi connectivity index (χ3v) is 2.79. The lowest BCUT2D eigenvalue weighted by Gasteiger charge is -2.20. The largest absolute Gasteiger partial charge is 0.396 e. The normalized spacial score (nSPS) is 36.5. The maximum Gasteiger partial charge on any atom is 0.243 e. The summed E-state index contributed by atoms with van der Waals surface area (Å²) in [6.45, 7) is 13.4. The molecule has 62 valence electrons. The molecule has 0 unspecified atom stereocenters. The van der Waals surface area contributed by atoms with E-state index in [4.69, 9.17) is 11.7 Å². The van der Waals surface area contributed by atoms with E-state index in [-0.39, 0.29) is 23.5 Å². The van der Waals surface area contributed by atoms with Crippen molar-refractivity contribution in [2.75, 3.05) is 6.61 Å². The van der Waals surface area contributed by atoms with Gasteiger partial charge in [-0.2, -0.15) is 0 Å². The molecule has 1 saturated carbocycles. The smallest absolute Gasteiger partial charge is 0.243 e. The van der Waals surface area contributed by atoms with E-state index in [2.05, 4.69) is 25.6 Å². The van der Waals surface area contributed by atoms with E-state index >= 15 is 0 Å². The fourth-order valence-corrected chi connectivity index (χ4v) is 1.76. The molecule has 0 amide bonds. The molecule has 1 aliphatic rings. The van der Waals surface area contributed by atoms with Gasteiger partial charge in [-0.1, -0.05) is 20.8 Å². The minimum Gasteiger partial charge on any atom is -0.396 e. The molecule has 0 aliphatic heterocycles. The van der Waals surface area contributed by atoms with Crippen LogP contribution in [0.4, 0.5) is 0 Å². The van der Waals surface area contributed by atoms with Crippen LogP contribution in [0, 0.1) is 17.9 Å². The molecule has 0 aromatic carbocycles. The van der Waals surface area contributed by atoms with Crippen molar-refractivity contribution in [3.8, 4) is 0 Å². The Hall–Kier alpha value is -0.550. The minimum atomic E-state index is -0.262. The quantitative estimate of drug-likeness (QED) is 0.570. The van der Waals surface area contributed by atoms with Crippen molar-refractivity contribution in [3.05, 3.63) is 11.4 Å². The van der Waals surface area contributed by atoms with E-state index in [1.165, 1.54) is 0 Å². The van der Waals surface area contributed by atoms with Gasteiger partial charge in [-0.05, 0) is 0 Å². The molecule has 0 radical (unpaired) electrons. The van der Waals surface area contributed by atoms with E-state index in [1.54, 1.807) is 0 Å². The summed E-state index contributed by atoms with van der Waals surface area (Å²) in [6, 6.07) is 0. The Morgan fingerprint density at radius 1 is 1.64 bits per heavy atom. The molecular formula is C9H15NO. The van der Waals surface area contributed by atoms with Gasteiger partial charge in [0.1, 0.15) is 0 Å². The number of aliphatic hydroxyl groups is 1. The number of hydrogen-bond acceptors (Lipinski definition) is 1. The van der Waals surface area contributed by atoms with E-state index in [1.807, 2.05) is 0 Å². The Morgan fingerprint density at radius 2 is 2.18 bits per heavy atom. The second-order valence-electron chi connectivity index (χ2n) is 4.37. The van der Waals surface area contributed by atoms with Crippen LogP contribution >= 0.6 is 0 Å². The summed E-state index contributed by atoms with van der Waals surface area (Å²) in [4.78, 5) is 3.65. The van der Waals surface area contributed by atoms with Gasteiger partial charge in [0, 0.05) is 11.8 Å². The lowest BCUT2D eigenvalue weighted by molar-refractivity contribution is 0.236. The van der Waals surface area contributed by atoms with Gasteiger partial charge in [0.15, 0.2) is 0 Å². The van der Waals surface area contributed by atoms with Crippen LogP contribution in [0.15, 0.2) is 0 Å². The van der Waals surface area contributed by atoms with Crippen LogP contribution in [-0.4, -0.2) is 17.3 Å². The zero-order chi connectivity index (χ0) is 8.70. The molecule has 1 rings (SSSR count). The average Bonchev–Trinajstić information content (AvgIpc) is 2.60. The number of nitrogens with zero attached hydrogens (tertiary/aromatic N) is 1. The van der Waals surface area contributed by atoms with Crippen molar-refractivity contribution < 1.29 is 5.11 Å². The number of aliphatic hydroxyl groups excluding tert-OH is 1. The summed E-state index contributed by atoms with van der Waals surface area (Å²) in [6.07, 6.45) is 0.872. The van der Waals surface area contributed by atoms with Crippen LogP contribution in [-0.2, 0) is 0 Å². The lowest BCUT2D eigenvalue weighted by atomic mass is 9.83. The summed E-state index contributed by atoms with van der Waals surface area (Å²) in [5, 5.41) is 8.89. The molecule has 11 heavy (non-hydrogen) atoms. The molecule has 2 atom stereocenters. The zero-order valence-electron chi connectivity index (χ0n) is 7.39. The Morgan fingerprint density at radius 3 is 2.27 bits per heavy atom. The van der Waals surface area contributed by atoms with Crippen LogP contribution < -0.4 is 0 Å². The first-order valence-corrected chi connectivity index (χ1v) is 3.97. The lowest BCUT2D eigenvalue weighted by Crippen LogP contribution is -2.27. The summed E-state index contributed by atoms with van der Waals surface area (Å²) in [5.41, 5.74) is -0.246. The molecule has 1 aliphatic carbocycles. The SMILES string of the molecule is [C-]#[N+][C@]1(C(C)(C)C)C[C@@H]1CO. The van der Waals surface area contributed by atoms with Crippen LogP contribution in [0.1, 0.15) is 27.2 Å². The fourth-order valence-electron chi connectivity index (χ4n) is 1.76. The van der Waals surface area contributed by atoms with E-state index in [9.17, 15) is 0 Å². The van der Waals surface area contributed by atoms with Crippen LogP contribution in [0.2, 0.25) is 0 Å². The highest BCUT2D eigenvalue weighted by atomic mass is 16.3. The maximum atomic E-state index is 8.89. The highest BCUT2D eigenvalue weighted by Gasteiger charge is 2.68. The second-order valence-corrected chi connectivity index (χ2v) is 4.37. The van der Waals surface area contributed by atoms with Crippen molar-refractivity contribution in [1.29, 1.82) is 0 Å². The highest BCUT2D eigenvalue weighted by Crippen LogP contribution is 2.57. The van der Waals surface area contributed by atoms with Gasteiger partial charge in [-0.25, -0.2) is 6.57 Å². The Bertz CT molecular complexity index is 199. The first kappa shape index (κ1) is 8.55. The molecule has 0 aromatic heterocycles. The molecular weight excluding hydrogens is 138 g/mol. The van der Waals surface area contributed by atoms with Gasteiger partial charge in [-0.3, -0.25) is 0 Å². The topological polar surface area (TPSA) is 24.6 Å². The summed E-state index contributed by atoms with van der Waals surface area (Å²) in [7, 11) is 0. The molecule has 0 aromatic rings. The first-order valence-electron chi connectivity index (χ1n) is 3.97. The molecule has 0 heterocycles. The molecule has 0 saturated heterocycles. The molecule has 2 nitrogen and oxygen atoms in total. The summed E-state index contributed by atoms with van der Waals surface area (Å²) in [5.74, 6) is 0.222. The van der Waals surface area contributed by atoms with Crippen molar-refractivity contribution in [3.63, 3.8) is 0 Å². The standard InChI is InChI=1S/C9H15NO/c1-8(2,3)9(10-4)5-7(9)6-11/h7,11H,5-6H2,1-3H3/t7-,9-/m1/s1. The number of rotatable bonds is 1. The molecule has 1 fully saturated rings. The Kier molecular flexibility index (Phi) is 1.72. The van der Waals surface area contributed by atoms with Gasteiger partial charge in [0.25, 0.3) is 0 Å². The average molecular weight is 153 g/mol. The van der Waals surface area contributed by atoms with Gasteiger partial charge in [-0.15, -0.1) is 0 Å². The van der Waals surface area contributed by atoms with Gasteiger partial charge in [0.2, 0.25) is 5.54 Å². The van der Waals surface area contributed by atoms with E-state index in [0.29, 0.717) is 0 Å². The van der Waals surface area contributed by atoms with Crippen molar-refractivity contribution in [2.45, 2.75) is 32.7 Å². The zero-order valence-corrected chi connectivity index (χ0v) is 7.39. The Labute approximate surface area is 68.0 Å². The van der Waals surface area contributed by atoms with Gasteiger partial charge in [0.05, 0.1) is 12.5 Å². The maximum absolute atomic E-state index is 8.89. The van der Waals surface area contributed by atoms with Crippen molar-refractivity contribution in [1.82, 2.24) is 0 Å². The van der Waals surface area contributed by atoms with E-state index < -0.39 is 0 Å². The predicted molar refractivity (Wildman–Crippen MR) is 44.0 cm³/mol. The van der Waals surface area contributed by atoms with E-state index in [0.717, 1.165) is 6.42 Å². The molecule has 0 bridgehead atoms.